The summed E-state index contributed by atoms with van der Waals surface area (Å²) in [5, 5.41) is 2.99. The molecule has 3 amide bonds. The van der Waals surface area contributed by atoms with Crippen molar-refractivity contribution in [3.63, 3.8) is 0 Å². The Bertz CT molecular complexity index is 866. The van der Waals surface area contributed by atoms with Crippen molar-refractivity contribution < 1.29 is 14.4 Å². The van der Waals surface area contributed by atoms with Crippen LogP contribution in [0.25, 0.3) is 0 Å². The predicted octanol–water partition coefficient (Wildman–Crippen LogP) is 3.24. The molecule has 1 aliphatic heterocycles. The third-order valence-electron chi connectivity index (χ3n) is 8.17. The lowest BCUT2D eigenvalue weighted by atomic mass is 9.63. The molecule has 5 heteroatoms. The van der Waals surface area contributed by atoms with Crippen LogP contribution in [0.15, 0.2) is 42.5 Å². The quantitative estimate of drug-likeness (QED) is 0.636. The van der Waals surface area contributed by atoms with Crippen LogP contribution in [0.5, 0.6) is 0 Å². The zero-order valence-corrected chi connectivity index (χ0v) is 16.4. The van der Waals surface area contributed by atoms with E-state index in [1.165, 1.54) is 6.42 Å². The minimum atomic E-state index is -0.111. The number of hydrogen-bond acceptors (Lipinski definition) is 3. The Hall–Kier alpha value is -2.43. The zero-order valence-electron chi connectivity index (χ0n) is 16.4. The molecular weight excluding hydrogens is 364 g/mol. The van der Waals surface area contributed by atoms with Gasteiger partial charge in [0.1, 0.15) is 0 Å². The average molecular weight is 390 g/mol. The number of imide groups is 1. The second kappa shape index (κ2) is 6.28. The summed E-state index contributed by atoms with van der Waals surface area (Å²) < 4.78 is 0. The molecule has 150 valence electrons. The number of likely N-dealkylation sites (tertiary alicyclic amines) is 1. The standard InChI is InChI=1S/C24H26N2O3/c27-22(25-14-4-2-1-3-5-14)13-6-8-15(9-7-13)26-23(28)20-16-10-11-17(19-12-18(16)19)21(20)24(26)29/h1-5,10-11,13,15-21H,6-9,12H2,(H,25,27)/t13?,15?,16-,17-,18-,19-,20+,21+/m1/s1. The third kappa shape index (κ3) is 2.55. The van der Waals surface area contributed by atoms with Crippen molar-refractivity contribution in [3.8, 4) is 0 Å². The lowest BCUT2D eigenvalue weighted by molar-refractivity contribution is -0.144. The topological polar surface area (TPSA) is 66.5 Å². The van der Waals surface area contributed by atoms with Crippen LogP contribution in [0.1, 0.15) is 32.1 Å². The number of para-hydroxylation sites is 1. The molecule has 0 radical (unpaired) electrons. The number of carbonyl (C=O) groups is 3. The largest absolute Gasteiger partial charge is 0.326 e. The number of allylic oxidation sites excluding steroid dienone is 2. The molecule has 29 heavy (non-hydrogen) atoms. The van der Waals surface area contributed by atoms with Gasteiger partial charge < -0.3 is 5.32 Å². The van der Waals surface area contributed by atoms with Crippen LogP contribution in [-0.2, 0) is 14.4 Å². The number of carbonyl (C=O) groups excluding carboxylic acids is 3. The van der Waals surface area contributed by atoms with Crippen molar-refractivity contribution >= 4 is 23.4 Å². The summed E-state index contributed by atoms with van der Waals surface area (Å²) in [5.41, 5.74) is 0.815. The van der Waals surface area contributed by atoms with E-state index in [0.29, 0.717) is 11.8 Å². The van der Waals surface area contributed by atoms with E-state index in [0.717, 1.165) is 31.4 Å². The molecule has 0 aromatic heterocycles. The molecule has 6 atom stereocenters. The molecule has 1 saturated heterocycles. The van der Waals surface area contributed by atoms with Gasteiger partial charge in [0, 0.05) is 17.6 Å². The van der Waals surface area contributed by atoms with E-state index in [1.54, 1.807) is 4.90 Å². The fourth-order valence-electron chi connectivity index (χ4n) is 6.70. The van der Waals surface area contributed by atoms with Crippen LogP contribution < -0.4 is 5.32 Å². The van der Waals surface area contributed by atoms with Crippen LogP contribution in [0.2, 0.25) is 0 Å². The minimum absolute atomic E-state index is 0.0305. The average Bonchev–Trinajstić information content (AvgIpc) is 3.53. The van der Waals surface area contributed by atoms with Gasteiger partial charge in [-0.3, -0.25) is 19.3 Å². The summed E-state index contributed by atoms with van der Waals surface area (Å²) in [6, 6.07) is 9.48. The Kier molecular flexibility index (Phi) is 3.78. The summed E-state index contributed by atoms with van der Waals surface area (Å²) >= 11 is 0. The molecule has 0 spiro atoms. The lowest BCUT2D eigenvalue weighted by Crippen LogP contribution is -2.44. The molecule has 7 rings (SSSR count). The van der Waals surface area contributed by atoms with Gasteiger partial charge in [-0.25, -0.2) is 0 Å². The smallest absolute Gasteiger partial charge is 0.233 e. The Morgan fingerprint density at radius 3 is 2.03 bits per heavy atom. The molecule has 1 aromatic carbocycles. The minimum Gasteiger partial charge on any atom is -0.326 e. The molecule has 1 N–H and O–H groups in total. The maximum Gasteiger partial charge on any atom is 0.233 e. The normalized spacial score (nSPS) is 41.9. The van der Waals surface area contributed by atoms with E-state index < -0.39 is 0 Å². The highest BCUT2D eigenvalue weighted by atomic mass is 16.2. The molecule has 5 nitrogen and oxygen atoms in total. The van der Waals surface area contributed by atoms with Gasteiger partial charge in [-0.1, -0.05) is 30.4 Å². The summed E-state index contributed by atoms with van der Waals surface area (Å²) in [5.74, 6) is 1.76. The molecular formula is C24H26N2O3. The number of hydrogen-bond donors (Lipinski definition) is 1. The van der Waals surface area contributed by atoms with Gasteiger partial charge in [0.25, 0.3) is 0 Å². The number of amides is 3. The first-order chi connectivity index (χ1) is 14.1. The molecule has 5 aliphatic carbocycles. The van der Waals surface area contributed by atoms with E-state index in [4.69, 9.17) is 0 Å². The fraction of sp³-hybridized carbons (Fsp3) is 0.542. The molecule has 2 bridgehead atoms. The summed E-state index contributed by atoms with van der Waals surface area (Å²) in [6.07, 6.45) is 8.56. The summed E-state index contributed by atoms with van der Waals surface area (Å²) in [7, 11) is 0. The monoisotopic (exact) mass is 390 g/mol. The van der Waals surface area contributed by atoms with Crippen molar-refractivity contribution in [1.29, 1.82) is 0 Å². The summed E-state index contributed by atoms with van der Waals surface area (Å²) in [6.45, 7) is 0. The van der Waals surface area contributed by atoms with E-state index in [-0.39, 0.29) is 53.4 Å². The predicted molar refractivity (Wildman–Crippen MR) is 107 cm³/mol. The van der Waals surface area contributed by atoms with Crippen LogP contribution in [-0.4, -0.2) is 28.7 Å². The van der Waals surface area contributed by atoms with Crippen molar-refractivity contribution in [2.45, 2.75) is 38.1 Å². The molecule has 0 unspecified atom stereocenters. The first-order valence-corrected chi connectivity index (χ1v) is 11.0. The maximum absolute atomic E-state index is 13.3. The molecule has 3 saturated carbocycles. The van der Waals surface area contributed by atoms with E-state index in [9.17, 15) is 14.4 Å². The van der Waals surface area contributed by atoms with Gasteiger partial charge in [-0.2, -0.15) is 0 Å². The number of nitrogens with zero attached hydrogens (tertiary/aromatic N) is 1. The van der Waals surface area contributed by atoms with Gasteiger partial charge in [-0.05, 0) is 67.9 Å². The van der Waals surface area contributed by atoms with Crippen molar-refractivity contribution in [2.75, 3.05) is 5.32 Å². The lowest BCUT2D eigenvalue weighted by Gasteiger charge is -2.37. The Labute approximate surface area is 170 Å². The zero-order chi connectivity index (χ0) is 19.7. The number of rotatable bonds is 3. The van der Waals surface area contributed by atoms with Crippen molar-refractivity contribution in [1.82, 2.24) is 4.90 Å². The first-order valence-electron chi connectivity index (χ1n) is 11.0. The van der Waals surface area contributed by atoms with Gasteiger partial charge >= 0.3 is 0 Å². The number of nitrogens with one attached hydrogen (secondary N) is 1. The van der Waals surface area contributed by atoms with Gasteiger partial charge in [0.2, 0.25) is 17.7 Å². The van der Waals surface area contributed by atoms with E-state index in [2.05, 4.69) is 17.5 Å². The van der Waals surface area contributed by atoms with Gasteiger partial charge in [-0.15, -0.1) is 0 Å². The third-order valence-corrected chi connectivity index (χ3v) is 8.17. The maximum atomic E-state index is 13.3. The van der Waals surface area contributed by atoms with Crippen LogP contribution in [0, 0.1) is 41.4 Å². The number of anilines is 1. The highest BCUT2D eigenvalue weighted by Gasteiger charge is 2.67. The molecule has 1 aromatic rings. The Morgan fingerprint density at radius 2 is 1.45 bits per heavy atom. The van der Waals surface area contributed by atoms with Crippen LogP contribution >= 0.6 is 0 Å². The summed E-state index contributed by atoms with van der Waals surface area (Å²) in [4.78, 5) is 40.7. The second-order valence-electron chi connectivity index (χ2n) is 9.56. The van der Waals surface area contributed by atoms with Crippen molar-refractivity contribution in [3.05, 3.63) is 42.5 Å². The molecule has 4 fully saturated rings. The van der Waals surface area contributed by atoms with Gasteiger partial charge in [0.15, 0.2) is 0 Å². The SMILES string of the molecule is O=C(Nc1ccccc1)C1CCC(N2C(=O)[C@H]3[C@@H]4C=C[C@H]([C@H]5C[C@H]45)[C@@H]3C2=O)CC1. The molecule has 6 aliphatic rings. The fourth-order valence-corrected chi connectivity index (χ4v) is 6.70. The molecule has 1 heterocycles. The second-order valence-corrected chi connectivity index (χ2v) is 9.56. The van der Waals surface area contributed by atoms with E-state index in [1.807, 2.05) is 30.3 Å². The Morgan fingerprint density at radius 1 is 0.862 bits per heavy atom. The van der Waals surface area contributed by atoms with Crippen LogP contribution in [0.4, 0.5) is 5.69 Å². The van der Waals surface area contributed by atoms with Crippen LogP contribution in [0.3, 0.4) is 0 Å². The Balaban J connectivity index is 1.12. The van der Waals surface area contributed by atoms with E-state index >= 15 is 0 Å². The highest BCUT2D eigenvalue weighted by Crippen LogP contribution is 2.65. The van der Waals surface area contributed by atoms with Crippen molar-refractivity contribution in [2.24, 2.45) is 41.4 Å². The first kappa shape index (κ1) is 17.4. The van der Waals surface area contributed by atoms with Gasteiger partial charge in [0.05, 0.1) is 11.8 Å². The highest BCUT2D eigenvalue weighted by molar-refractivity contribution is 6.06. The number of benzene rings is 1.